The van der Waals surface area contributed by atoms with Crippen molar-refractivity contribution in [2.45, 2.75) is 59.2 Å². The molecule has 0 aliphatic carbocycles. The minimum absolute atomic E-state index is 0.0228. The Labute approximate surface area is 82.6 Å². The summed E-state index contributed by atoms with van der Waals surface area (Å²) in [7, 11) is 0. The monoisotopic (exact) mass is 188 g/mol. The molecule has 13 heavy (non-hydrogen) atoms. The van der Waals surface area contributed by atoms with Crippen molar-refractivity contribution in [3.8, 4) is 0 Å². The average molecular weight is 188 g/mol. The lowest BCUT2D eigenvalue weighted by atomic mass is 10.1. The smallest absolute Gasteiger partial charge is 0.0602 e. The van der Waals surface area contributed by atoms with Crippen molar-refractivity contribution >= 4 is 0 Å². The van der Waals surface area contributed by atoms with Gasteiger partial charge in [-0.25, -0.2) is 0 Å². The van der Waals surface area contributed by atoms with Gasteiger partial charge in [-0.15, -0.1) is 0 Å². The Bertz CT molecular complexity index is 116. The summed E-state index contributed by atoms with van der Waals surface area (Å²) in [5.74, 6) is 0. The van der Waals surface area contributed by atoms with Crippen molar-refractivity contribution in [2.24, 2.45) is 0 Å². The molecule has 0 fully saturated rings. The van der Waals surface area contributed by atoms with Crippen LogP contribution < -0.4 is 0 Å². The van der Waals surface area contributed by atoms with Crippen LogP contribution in [-0.2, 0) is 9.47 Å². The zero-order chi connectivity index (χ0) is 10.3. The van der Waals surface area contributed by atoms with Crippen molar-refractivity contribution in [1.29, 1.82) is 0 Å². The van der Waals surface area contributed by atoms with Crippen LogP contribution in [0, 0.1) is 0 Å². The second-order valence-corrected chi connectivity index (χ2v) is 4.38. The molecule has 0 bridgehead atoms. The highest BCUT2D eigenvalue weighted by molar-refractivity contribution is 4.62. The van der Waals surface area contributed by atoms with E-state index in [1.807, 2.05) is 6.92 Å². The molecular formula is C11H24O2. The van der Waals surface area contributed by atoms with Crippen molar-refractivity contribution in [3.05, 3.63) is 0 Å². The highest BCUT2D eigenvalue weighted by Crippen LogP contribution is 2.13. The van der Waals surface area contributed by atoms with Crippen LogP contribution in [-0.4, -0.2) is 24.9 Å². The molecule has 0 aliphatic rings. The Kier molecular flexibility index (Phi) is 6.35. The van der Waals surface area contributed by atoms with Crippen molar-refractivity contribution < 1.29 is 9.47 Å². The summed E-state index contributed by atoms with van der Waals surface area (Å²) in [6, 6.07) is 0. The minimum Gasteiger partial charge on any atom is -0.382 e. The molecule has 0 spiro atoms. The van der Waals surface area contributed by atoms with Crippen molar-refractivity contribution in [1.82, 2.24) is 0 Å². The molecule has 0 aromatic rings. The van der Waals surface area contributed by atoms with Crippen LogP contribution in [0.5, 0.6) is 0 Å². The molecule has 0 rings (SSSR count). The van der Waals surface area contributed by atoms with E-state index in [-0.39, 0.29) is 5.60 Å². The third-order valence-corrected chi connectivity index (χ3v) is 1.66. The predicted molar refractivity (Wildman–Crippen MR) is 56.0 cm³/mol. The fraction of sp³-hybridized carbons (Fsp3) is 1.00. The fourth-order valence-electron chi connectivity index (χ4n) is 1.28. The van der Waals surface area contributed by atoms with Gasteiger partial charge in [0.2, 0.25) is 0 Å². The first kappa shape index (κ1) is 12.9. The fourth-order valence-corrected chi connectivity index (χ4v) is 1.28. The first-order valence-corrected chi connectivity index (χ1v) is 5.21. The van der Waals surface area contributed by atoms with Gasteiger partial charge in [-0.1, -0.05) is 0 Å². The largest absolute Gasteiger partial charge is 0.382 e. The van der Waals surface area contributed by atoms with E-state index in [0.29, 0.717) is 6.10 Å². The maximum absolute atomic E-state index is 5.76. The van der Waals surface area contributed by atoms with Gasteiger partial charge < -0.3 is 9.47 Å². The highest BCUT2D eigenvalue weighted by Gasteiger charge is 2.14. The third-order valence-electron chi connectivity index (χ3n) is 1.66. The lowest BCUT2D eigenvalue weighted by Crippen LogP contribution is -2.25. The molecule has 0 aromatic heterocycles. The standard InChI is InChI=1S/C11H24O2/c1-6-12-9-7-8-10(2)13-11(3,4)5/h10H,6-9H2,1-5H3/t10-/m1/s1. The van der Waals surface area contributed by atoms with Gasteiger partial charge >= 0.3 is 0 Å². The van der Waals surface area contributed by atoms with Gasteiger partial charge in [0.25, 0.3) is 0 Å². The molecule has 2 nitrogen and oxygen atoms in total. The number of hydrogen-bond donors (Lipinski definition) is 0. The van der Waals surface area contributed by atoms with Crippen LogP contribution >= 0.6 is 0 Å². The van der Waals surface area contributed by atoms with Crippen LogP contribution in [0.25, 0.3) is 0 Å². The third kappa shape index (κ3) is 9.84. The van der Waals surface area contributed by atoms with E-state index in [4.69, 9.17) is 9.47 Å². The predicted octanol–water partition coefficient (Wildman–Crippen LogP) is 3.01. The molecule has 0 radical (unpaired) electrons. The quantitative estimate of drug-likeness (QED) is 0.597. The molecule has 0 aromatic carbocycles. The highest BCUT2D eigenvalue weighted by atomic mass is 16.5. The van der Waals surface area contributed by atoms with Gasteiger partial charge in [0, 0.05) is 13.2 Å². The molecule has 0 heterocycles. The van der Waals surface area contributed by atoms with Gasteiger partial charge in [0.05, 0.1) is 11.7 Å². The summed E-state index contributed by atoms with van der Waals surface area (Å²) in [4.78, 5) is 0. The maximum Gasteiger partial charge on any atom is 0.0602 e. The molecule has 0 aliphatic heterocycles. The first-order chi connectivity index (χ1) is 5.95. The second-order valence-electron chi connectivity index (χ2n) is 4.38. The van der Waals surface area contributed by atoms with Gasteiger partial charge in [0.15, 0.2) is 0 Å². The minimum atomic E-state index is -0.0228. The summed E-state index contributed by atoms with van der Waals surface area (Å²) >= 11 is 0. The lowest BCUT2D eigenvalue weighted by Gasteiger charge is -2.25. The van der Waals surface area contributed by atoms with Crippen molar-refractivity contribution in [2.75, 3.05) is 13.2 Å². The van der Waals surface area contributed by atoms with Gasteiger partial charge in [-0.05, 0) is 47.5 Å². The summed E-state index contributed by atoms with van der Waals surface area (Å²) in [6.07, 6.45) is 2.50. The second kappa shape index (κ2) is 6.39. The van der Waals surface area contributed by atoms with Gasteiger partial charge in [-0.3, -0.25) is 0 Å². The van der Waals surface area contributed by atoms with E-state index in [2.05, 4.69) is 27.7 Å². The number of rotatable bonds is 6. The Morgan fingerprint density at radius 3 is 2.31 bits per heavy atom. The van der Waals surface area contributed by atoms with E-state index in [1.54, 1.807) is 0 Å². The normalized spacial score (nSPS) is 14.5. The topological polar surface area (TPSA) is 18.5 Å². The van der Waals surface area contributed by atoms with Crippen molar-refractivity contribution in [3.63, 3.8) is 0 Å². The summed E-state index contributed by atoms with van der Waals surface area (Å²) < 4.78 is 11.0. The Balaban J connectivity index is 3.35. The molecule has 0 saturated carbocycles. The SMILES string of the molecule is CCOCCC[C@@H](C)OC(C)(C)C. The zero-order valence-corrected chi connectivity index (χ0v) is 9.72. The van der Waals surface area contributed by atoms with Gasteiger partial charge in [-0.2, -0.15) is 0 Å². The van der Waals surface area contributed by atoms with E-state index in [0.717, 1.165) is 26.1 Å². The molecule has 0 amide bonds. The molecule has 1 atom stereocenters. The van der Waals surface area contributed by atoms with Crippen LogP contribution in [0.3, 0.4) is 0 Å². The van der Waals surface area contributed by atoms with E-state index in [1.165, 1.54) is 0 Å². The van der Waals surface area contributed by atoms with Crippen LogP contribution in [0.1, 0.15) is 47.5 Å². The maximum atomic E-state index is 5.76. The van der Waals surface area contributed by atoms with E-state index in [9.17, 15) is 0 Å². The van der Waals surface area contributed by atoms with Crippen LogP contribution in [0.2, 0.25) is 0 Å². The lowest BCUT2D eigenvalue weighted by molar-refractivity contribution is -0.0568. The zero-order valence-electron chi connectivity index (χ0n) is 9.72. The molecular weight excluding hydrogens is 164 g/mol. The van der Waals surface area contributed by atoms with E-state index < -0.39 is 0 Å². The molecule has 0 saturated heterocycles. The van der Waals surface area contributed by atoms with Crippen LogP contribution in [0.15, 0.2) is 0 Å². The Hall–Kier alpha value is -0.0800. The number of ether oxygens (including phenoxy) is 2. The molecule has 80 valence electrons. The average Bonchev–Trinajstić information content (AvgIpc) is 1.94. The molecule has 2 heteroatoms. The summed E-state index contributed by atoms with van der Waals surface area (Å²) in [6.45, 7) is 12.1. The van der Waals surface area contributed by atoms with Gasteiger partial charge in [0.1, 0.15) is 0 Å². The molecule has 0 unspecified atom stereocenters. The summed E-state index contributed by atoms with van der Waals surface area (Å²) in [5.41, 5.74) is -0.0228. The molecule has 0 N–H and O–H groups in total. The summed E-state index contributed by atoms with van der Waals surface area (Å²) in [5, 5.41) is 0. The van der Waals surface area contributed by atoms with Crippen LogP contribution in [0.4, 0.5) is 0 Å². The number of hydrogen-bond acceptors (Lipinski definition) is 2. The van der Waals surface area contributed by atoms with E-state index >= 15 is 0 Å². The first-order valence-electron chi connectivity index (χ1n) is 5.21. The Morgan fingerprint density at radius 1 is 1.23 bits per heavy atom. The Morgan fingerprint density at radius 2 is 1.85 bits per heavy atom.